The molecule has 0 aliphatic heterocycles. The summed E-state index contributed by atoms with van der Waals surface area (Å²) in [5, 5.41) is 3.17. The maximum atomic E-state index is 3.17. The predicted molar refractivity (Wildman–Crippen MR) is 78.9 cm³/mol. The van der Waals surface area contributed by atoms with Crippen molar-refractivity contribution in [1.82, 2.24) is 5.32 Å². The van der Waals surface area contributed by atoms with E-state index < -0.39 is 8.07 Å². The van der Waals surface area contributed by atoms with Crippen LogP contribution in [0.25, 0.3) is 0 Å². The van der Waals surface area contributed by atoms with Crippen molar-refractivity contribution in [2.24, 2.45) is 0 Å². The summed E-state index contributed by atoms with van der Waals surface area (Å²) in [7, 11) is 0.810. The molecule has 0 bridgehead atoms. The topological polar surface area (TPSA) is 12.0 Å². The van der Waals surface area contributed by atoms with E-state index in [1.54, 1.807) is 0 Å². The van der Waals surface area contributed by atoms with Crippen LogP contribution >= 0.6 is 0 Å². The normalized spacial score (nSPS) is 13.6. The molecular formula is C14H31NSi. The average Bonchev–Trinajstić information content (AvgIpc) is 2.16. The predicted octanol–water partition coefficient (Wildman–Crippen LogP) is 4.44. The minimum absolute atomic E-state index is 0.867. The highest BCUT2D eigenvalue weighted by Gasteiger charge is 2.41. The first-order chi connectivity index (χ1) is 7.39. The molecule has 0 unspecified atom stereocenters. The highest BCUT2D eigenvalue weighted by Crippen LogP contribution is 2.44. The summed E-state index contributed by atoms with van der Waals surface area (Å²) in [4.78, 5) is 0. The molecule has 1 nitrogen and oxygen atoms in total. The maximum absolute atomic E-state index is 3.17. The first-order valence-electron chi connectivity index (χ1n) is 6.69. The molecule has 2 heteroatoms. The second-order valence-electron chi connectivity index (χ2n) is 5.81. The van der Waals surface area contributed by atoms with Gasteiger partial charge < -0.3 is 5.32 Å². The van der Waals surface area contributed by atoms with Crippen LogP contribution in [0.5, 0.6) is 0 Å². The van der Waals surface area contributed by atoms with Crippen LogP contribution in [-0.2, 0) is 0 Å². The Morgan fingerprint density at radius 2 is 1.31 bits per heavy atom. The zero-order valence-corrected chi connectivity index (χ0v) is 13.3. The van der Waals surface area contributed by atoms with Gasteiger partial charge in [-0.3, -0.25) is 0 Å². The maximum Gasteiger partial charge on any atom is 0.0650 e. The van der Waals surface area contributed by atoms with Crippen LogP contribution in [0.1, 0.15) is 41.5 Å². The van der Waals surface area contributed by atoms with Crippen molar-refractivity contribution < 1.29 is 0 Å². The fourth-order valence-electron chi connectivity index (χ4n) is 3.20. The summed E-state index contributed by atoms with van der Waals surface area (Å²) in [6.07, 6.45) is 4.71. The number of nitrogens with one attached hydrogen (secondary N) is 1. The molecule has 0 aliphatic rings. The molecule has 1 N–H and O–H groups in total. The van der Waals surface area contributed by atoms with E-state index in [1.165, 1.54) is 6.04 Å². The third-order valence-corrected chi connectivity index (χ3v) is 11.6. The van der Waals surface area contributed by atoms with Gasteiger partial charge in [0.1, 0.15) is 0 Å². The Labute approximate surface area is 104 Å². The molecule has 0 saturated heterocycles. The summed E-state index contributed by atoms with van der Waals surface area (Å²) in [6, 6.07) is 1.34. The Morgan fingerprint density at radius 3 is 1.62 bits per heavy atom. The molecule has 0 rings (SSSR count). The summed E-state index contributed by atoms with van der Waals surface area (Å²) in [6.45, 7) is 15.6. The van der Waals surface area contributed by atoms with E-state index in [1.807, 2.05) is 7.05 Å². The van der Waals surface area contributed by atoms with Crippen molar-refractivity contribution in [3.8, 4) is 0 Å². The fourth-order valence-corrected chi connectivity index (χ4v) is 9.18. The van der Waals surface area contributed by atoms with Gasteiger partial charge >= 0.3 is 0 Å². The van der Waals surface area contributed by atoms with Crippen LogP contribution in [0.3, 0.4) is 0 Å². The van der Waals surface area contributed by atoms with Gasteiger partial charge in [-0.05, 0) is 13.1 Å². The molecule has 0 aromatic rings. The largest absolute Gasteiger partial charge is 0.316 e. The van der Waals surface area contributed by atoms with Gasteiger partial charge in [0, 0.05) is 6.54 Å². The first-order valence-corrected chi connectivity index (χ1v) is 9.13. The van der Waals surface area contributed by atoms with Gasteiger partial charge in [0.2, 0.25) is 0 Å². The van der Waals surface area contributed by atoms with Gasteiger partial charge in [-0.2, -0.15) is 0 Å². The van der Waals surface area contributed by atoms with Gasteiger partial charge in [0.15, 0.2) is 0 Å². The monoisotopic (exact) mass is 241 g/mol. The van der Waals surface area contributed by atoms with Crippen LogP contribution in [-0.4, -0.2) is 21.7 Å². The van der Waals surface area contributed by atoms with Crippen molar-refractivity contribution in [3.63, 3.8) is 0 Å². The highest BCUT2D eigenvalue weighted by molar-refractivity contribution is 6.83. The van der Waals surface area contributed by atoms with Crippen molar-refractivity contribution >= 4 is 8.07 Å². The van der Waals surface area contributed by atoms with Crippen LogP contribution in [0.15, 0.2) is 12.2 Å². The molecule has 16 heavy (non-hydrogen) atoms. The van der Waals surface area contributed by atoms with E-state index in [-0.39, 0.29) is 0 Å². The Bertz CT molecular complexity index is 185. The quantitative estimate of drug-likeness (QED) is 0.513. The molecule has 0 aliphatic carbocycles. The van der Waals surface area contributed by atoms with Gasteiger partial charge in [-0.15, -0.1) is 0 Å². The van der Waals surface area contributed by atoms with Gasteiger partial charge in [-0.1, -0.05) is 70.3 Å². The molecule has 0 radical (unpaired) electrons. The molecule has 0 heterocycles. The lowest BCUT2D eigenvalue weighted by atomic mass is 10.5. The van der Waals surface area contributed by atoms with Crippen molar-refractivity contribution in [1.29, 1.82) is 0 Å². The molecular weight excluding hydrogens is 210 g/mol. The van der Waals surface area contributed by atoms with Crippen molar-refractivity contribution in [2.45, 2.75) is 64.2 Å². The highest BCUT2D eigenvalue weighted by atomic mass is 28.3. The summed E-state index contributed by atoms with van der Waals surface area (Å²) >= 11 is 0. The molecule has 96 valence electrons. The molecule has 0 spiro atoms. The van der Waals surface area contributed by atoms with E-state index in [2.05, 4.69) is 59.0 Å². The number of hydrogen-bond acceptors (Lipinski definition) is 1. The number of rotatable bonds is 7. The van der Waals surface area contributed by atoms with Crippen LogP contribution in [0, 0.1) is 0 Å². The smallest absolute Gasteiger partial charge is 0.0650 e. The Morgan fingerprint density at radius 1 is 0.875 bits per heavy atom. The molecule has 0 amide bonds. The number of hydrogen-bond donors (Lipinski definition) is 1. The molecule has 0 fully saturated rings. The molecule has 0 atom stereocenters. The molecule has 0 aromatic heterocycles. The summed E-state index contributed by atoms with van der Waals surface area (Å²) < 4.78 is 0. The second-order valence-corrected chi connectivity index (χ2v) is 11.9. The van der Waals surface area contributed by atoms with Crippen molar-refractivity contribution in [2.75, 3.05) is 13.6 Å². The van der Waals surface area contributed by atoms with Gasteiger partial charge in [0.05, 0.1) is 8.07 Å². The van der Waals surface area contributed by atoms with Gasteiger partial charge in [0.25, 0.3) is 0 Å². The van der Waals surface area contributed by atoms with E-state index in [9.17, 15) is 0 Å². The zero-order chi connectivity index (χ0) is 12.8. The molecule has 0 saturated carbocycles. The average molecular weight is 241 g/mol. The zero-order valence-electron chi connectivity index (χ0n) is 12.3. The summed E-state index contributed by atoms with van der Waals surface area (Å²) in [5.41, 5.74) is 2.60. The lowest BCUT2D eigenvalue weighted by Gasteiger charge is -2.42. The third kappa shape index (κ3) is 3.74. The SMILES string of the molecule is CNC/C=C/C[Si](C(C)C)(C(C)C)C(C)C. The van der Waals surface area contributed by atoms with Crippen LogP contribution < -0.4 is 5.32 Å². The number of likely N-dealkylation sites (N-methyl/N-ethyl adjacent to an activating group) is 1. The standard InChI is InChI=1S/C14H31NSi/c1-12(2)16(13(3)4,14(5)6)11-9-8-10-15-7/h8-9,12-15H,10-11H2,1-7H3/b9-8+. The lowest BCUT2D eigenvalue weighted by molar-refractivity contribution is 0.810. The van der Waals surface area contributed by atoms with E-state index in [0.29, 0.717) is 0 Å². The second kappa shape index (κ2) is 7.28. The molecule has 0 aromatic carbocycles. The van der Waals surface area contributed by atoms with Crippen molar-refractivity contribution in [3.05, 3.63) is 12.2 Å². The van der Waals surface area contributed by atoms with Gasteiger partial charge in [-0.25, -0.2) is 0 Å². The van der Waals surface area contributed by atoms with E-state index in [4.69, 9.17) is 0 Å². The minimum atomic E-state index is -1.19. The van der Waals surface area contributed by atoms with E-state index in [0.717, 1.165) is 23.2 Å². The minimum Gasteiger partial charge on any atom is -0.316 e. The van der Waals surface area contributed by atoms with E-state index >= 15 is 0 Å². The first kappa shape index (κ1) is 15.9. The summed E-state index contributed by atoms with van der Waals surface area (Å²) in [5.74, 6) is 0. The lowest BCUT2D eigenvalue weighted by Crippen LogP contribution is -2.43. The fraction of sp³-hybridized carbons (Fsp3) is 0.857. The van der Waals surface area contributed by atoms with Crippen LogP contribution in [0.4, 0.5) is 0 Å². The Balaban J connectivity index is 4.77. The Hall–Kier alpha value is -0.0831. The third-order valence-electron chi connectivity index (χ3n) is 4.18. The van der Waals surface area contributed by atoms with Crippen LogP contribution in [0.2, 0.25) is 22.7 Å². The Kier molecular flexibility index (Phi) is 7.25. The number of allylic oxidation sites excluding steroid dienone is 1.